The molecule has 2 heterocycles. The molecule has 2 aromatic rings. The molecule has 0 spiro atoms. The predicted molar refractivity (Wildman–Crippen MR) is 84.1 cm³/mol. The molecule has 1 aliphatic rings. The molecule has 2 unspecified atom stereocenters. The quantitative estimate of drug-likeness (QED) is 0.922. The standard InChI is InChI=1S/C16H20N2OS/c1-11(17)14-7-4-5-9-18(14)16(19)13-10-20-15-8-3-2-6-12(13)15/h2-3,6,8,10-11,14H,4-5,7,9,17H2,1H3. The van der Waals surface area contributed by atoms with Crippen LogP contribution in [0, 0.1) is 0 Å². The van der Waals surface area contributed by atoms with E-state index in [-0.39, 0.29) is 18.0 Å². The van der Waals surface area contributed by atoms with Crippen LogP contribution >= 0.6 is 11.3 Å². The van der Waals surface area contributed by atoms with Crippen molar-refractivity contribution in [3.8, 4) is 0 Å². The van der Waals surface area contributed by atoms with Crippen LogP contribution in [0.5, 0.6) is 0 Å². The summed E-state index contributed by atoms with van der Waals surface area (Å²) in [5.74, 6) is 0.143. The van der Waals surface area contributed by atoms with Gasteiger partial charge in [0.15, 0.2) is 0 Å². The lowest BCUT2D eigenvalue weighted by Gasteiger charge is -2.38. The van der Waals surface area contributed by atoms with Crippen molar-refractivity contribution in [2.75, 3.05) is 6.54 Å². The number of hydrogen-bond acceptors (Lipinski definition) is 3. The SMILES string of the molecule is CC(N)C1CCCCN1C(=O)c1csc2ccccc12. The summed E-state index contributed by atoms with van der Waals surface area (Å²) in [6.07, 6.45) is 3.27. The Kier molecular flexibility index (Phi) is 3.76. The molecular formula is C16H20N2OS. The van der Waals surface area contributed by atoms with Gasteiger partial charge in [0.2, 0.25) is 0 Å². The van der Waals surface area contributed by atoms with Crippen LogP contribution in [0.1, 0.15) is 36.5 Å². The van der Waals surface area contributed by atoms with Gasteiger partial charge in [-0.15, -0.1) is 11.3 Å². The monoisotopic (exact) mass is 288 g/mol. The first-order chi connectivity index (χ1) is 9.68. The molecule has 1 aromatic heterocycles. The van der Waals surface area contributed by atoms with Crippen LogP contribution in [0.25, 0.3) is 10.1 Å². The van der Waals surface area contributed by atoms with Gasteiger partial charge in [-0.3, -0.25) is 4.79 Å². The maximum absolute atomic E-state index is 12.9. The molecule has 0 radical (unpaired) electrons. The van der Waals surface area contributed by atoms with E-state index in [4.69, 9.17) is 5.73 Å². The topological polar surface area (TPSA) is 46.3 Å². The summed E-state index contributed by atoms with van der Waals surface area (Å²) in [5, 5.41) is 3.05. The van der Waals surface area contributed by atoms with Crippen molar-refractivity contribution in [3.05, 3.63) is 35.2 Å². The van der Waals surface area contributed by atoms with Gasteiger partial charge in [0.05, 0.1) is 5.56 Å². The molecule has 1 saturated heterocycles. The number of likely N-dealkylation sites (tertiary alicyclic amines) is 1. The second-order valence-electron chi connectivity index (χ2n) is 5.57. The van der Waals surface area contributed by atoms with E-state index < -0.39 is 0 Å². The maximum Gasteiger partial charge on any atom is 0.255 e. The molecule has 1 aromatic carbocycles. The van der Waals surface area contributed by atoms with Gasteiger partial charge in [-0.25, -0.2) is 0 Å². The van der Waals surface area contributed by atoms with Gasteiger partial charge in [-0.05, 0) is 32.3 Å². The van der Waals surface area contributed by atoms with E-state index in [2.05, 4.69) is 6.07 Å². The van der Waals surface area contributed by atoms with E-state index >= 15 is 0 Å². The molecule has 3 rings (SSSR count). The number of fused-ring (bicyclic) bond motifs is 1. The van der Waals surface area contributed by atoms with Crippen LogP contribution < -0.4 is 5.73 Å². The minimum Gasteiger partial charge on any atom is -0.334 e. The summed E-state index contributed by atoms with van der Waals surface area (Å²) >= 11 is 1.64. The van der Waals surface area contributed by atoms with Crippen molar-refractivity contribution in [3.63, 3.8) is 0 Å². The maximum atomic E-state index is 12.9. The molecule has 1 amide bonds. The lowest BCUT2D eigenvalue weighted by molar-refractivity contribution is 0.0586. The number of rotatable bonds is 2. The number of carbonyl (C=O) groups is 1. The number of nitrogens with zero attached hydrogens (tertiary/aromatic N) is 1. The van der Waals surface area contributed by atoms with Gasteiger partial charge < -0.3 is 10.6 Å². The zero-order chi connectivity index (χ0) is 14.1. The molecule has 0 aliphatic carbocycles. The zero-order valence-electron chi connectivity index (χ0n) is 11.7. The summed E-state index contributed by atoms with van der Waals surface area (Å²) in [6.45, 7) is 2.83. The van der Waals surface area contributed by atoms with Gasteiger partial charge in [0.25, 0.3) is 5.91 Å². The van der Waals surface area contributed by atoms with Gasteiger partial charge in [-0.2, -0.15) is 0 Å². The first kappa shape index (κ1) is 13.6. The Morgan fingerprint density at radius 1 is 1.40 bits per heavy atom. The van der Waals surface area contributed by atoms with Gasteiger partial charge in [-0.1, -0.05) is 18.2 Å². The molecule has 2 atom stereocenters. The molecule has 4 heteroatoms. The molecule has 2 N–H and O–H groups in total. The van der Waals surface area contributed by atoms with Crippen LogP contribution in [-0.2, 0) is 0 Å². The van der Waals surface area contributed by atoms with Crippen molar-refractivity contribution in [2.45, 2.75) is 38.3 Å². The number of benzene rings is 1. The Hall–Kier alpha value is -1.39. The summed E-state index contributed by atoms with van der Waals surface area (Å²) in [7, 11) is 0. The fourth-order valence-corrected chi connectivity index (χ4v) is 3.99. The average molecular weight is 288 g/mol. The lowest BCUT2D eigenvalue weighted by atomic mass is 9.96. The highest BCUT2D eigenvalue weighted by atomic mass is 32.1. The third-order valence-electron chi connectivity index (χ3n) is 4.13. The van der Waals surface area contributed by atoms with Crippen molar-refractivity contribution < 1.29 is 4.79 Å². The number of hydrogen-bond donors (Lipinski definition) is 1. The van der Waals surface area contributed by atoms with E-state index in [0.29, 0.717) is 0 Å². The molecule has 3 nitrogen and oxygen atoms in total. The molecule has 1 aliphatic heterocycles. The fraction of sp³-hybridized carbons (Fsp3) is 0.438. The molecular weight excluding hydrogens is 268 g/mol. The molecule has 20 heavy (non-hydrogen) atoms. The minimum absolute atomic E-state index is 0.0316. The third kappa shape index (κ3) is 2.34. The van der Waals surface area contributed by atoms with E-state index in [1.54, 1.807) is 11.3 Å². The van der Waals surface area contributed by atoms with E-state index in [9.17, 15) is 4.79 Å². The summed E-state index contributed by atoms with van der Waals surface area (Å²) in [4.78, 5) is 14.9. The highest BCUT2D eigenvalue weighted by Crippen LogP contribution is 2.29. The highest BCUT2D eigenvalue weighted by molar-refractivity contribution is 7.17. The Morgan fingerprint density at radius 2 is 2.20 bits per heavy atom. The average Bonchev–Trinajstić information content (AvgIpc) is 2.90. The Balaban J connectivity index is 1.94. The van der Waals surface area contributed by atoms with E-state index in [1.807, 2.05) is 35.4 Å². The van der Waals surface area contributed by atoms with Crippen molar-refractivity contribution >= 4 is 27.3 Å². The Labute approximate surface area is 123 Å². The second-order valence-corrected chi connectivity index (χ2v) is 6.48. The van der Waals surface area contributed by atoms with Crippen LogP contribution in [-0.4, -0.2) is 29.4 Å². The van der Waals surface area contributed by atoms with Crippen LogP contribution in [0.3, 0.4) is 0 Å². The second kappa shape index (κ2) is 5.54. The number of amides is 1. The first-order valence-electron chi connectivity index (χ1n) is 7.21. The van der Waals surface area contributed by atoms with E-state index in [1.165, 1.54) is 11.1 Å². The molecule has 106 valence electrons. The van der Waals surface area contributed by atoms with Crippen LogP contribution in [0.2, 0.25) is 0 Å². The number of carbonyl (C=O) groups excluding carboxylic acids is 1. The number of thiophene rings is 1. The molecule has 0 bridgehead atoms. The highest BCUT2D eigenvalue weighted by Gasteiger charge is 2.30. The first-order valence-corrected chi connectivity index (χ1v) is 8.09. The molecule has 0 saturated carbocycles. The van der Waals surface area contributed by atoms with E-state index in [0.717, 1.165) is 30.3 Å². The normalized spacial score (nSPS) is 21.1. The summed E-state index contributed by atoms with van der Waals surface area (Å²) in [6, 6.07) is 8.31. The van der Waals surface area contributed by atoms with Crippen molar-refractivity contribution in [2.24, 2.45) is 5.73 Å². The Morgan fingerprint density at radius 3 is 3.00 bits per heavy atom. The summed E-state index contributed by atoms with van der Waals surface area (Å²) < 4.78 is 1.17. The number of nitrogens with two attached hydrogens (primary N) is 1. The van der Waals surface area contributed by atoms with Gasteiger partial charge in [0.1, 0.15) is 0 Å². The lowest BCUT2D eigenvalue weighted by Crippen LogP contribution is -2.51. The largest absolute Gasteiger partial charge is 0.334 e. The third-order valence-corrected chi connectivity index (χ3v) is 5.09. The Bertz CT molecular complexity index is 620. The van der Waals surface area contributed by atoms with Gasteiger partial charge >= 0.3 is 0 Å². The minimum atomic E-state index is 0.0316. The van der Waals surface area contributed by atoms with Crippen molar-refractivity contribution in [1.29, 1.82) is 0 Å². The van der Waals surface area contributed by atoms with Crippen LogP contribution in [0.4, 0.5) is 0 Å². The number of piperidine rings is 1. The molecule has 1 fully saturated rings. The van der Waals surface area contributed by atoms with Crippen LogP contribution in [0.15, 0.2) is 29.6 Å². The van der Waals surface area contributed by atoms with Crippen molar-refractivity contribution in [1.82, 2.24) is 4.90 Å². The predicted octanol–water partition coefficient (Wildman–Crippen LogP) is 3.24. The fourth-order valence-electron chi connectivity index (χ4n) is 3.05. The van der Waals surface area contributed by atoms with Gasteiger partial charge in [0, 0.05) is 34.1 Å². The summed E-state index contributed by atoms with van der Waals surface area (Å²) in [5.41, 5.74) is 6.90. The zero-order valence-corrected chi connectivity index (χ0v) is 12.5. The smallest absolute Gasteiger partial charge is 0.255 e.